The van der Waals surface area contributed by atoms with E-state index in [0.717, 1.165) is 17.7 Å². The second kappa shape index (κ2) is 12.6. The third kappa shape index (κ3) is 9.62. The molecule has 0 spiro atoms. The minimum atomic E-state index is -0.547. The number of nitrogens with one attached hydrogen (secondary N) is 3. The van der Waals surface area contributed by atoms with Crippen molar-refractivity contribution in [2.45, 2.75) is 38.8 Å². The molecule has 174 valence electrons. The number of rotatable bonds is 6. The van der Waals surface area contributed by atoms with Crippen molar-refractivity contribution in [2.24, 2.45) is 4.99 Å². The molecule has 31 heavy (non-hydrogen) atoms. The van der Waals surface area contributed by atoms with E-state index in [-0.39, 0.29) is 42.5 Å². The average Bonchev–Trinajstić information content (AvgIpc) is 2.67. The van der Waals surface area contributed by atoms with E-state index in [2.05, 4.69) is 20.9 Å². The van der Waals surface area contributed by atoms with Gasteiger partial charge in [-0.2, -0.15) is 0 Å². The van der Waals surface area contributed by atoms with E-state index < -0.39 is 11.7 Å². The minimum absolute atomic E-state index is 0. The first-order valence-electron chi connectivity index (χ1n) is 10.1. The largest absolute Gasteiger partial charge is 0.493 e. The summed E-state index contributed by atoms with van der Waals surface area (Å²) in [5.41, 5.74) is 0.498. The van der Waals surface area contributed by atoms with Gasteiger partial charge in [0.2, 0.25) is 5.91 Å². The van der Waals surface area contributed by atoms with Gasteiger partial charge in [0.1, 0.15) is 17.9 Å². The van der Waals surface area contributed by atoms with E-state index in [4.69, 9.17) is 9.47 Å². The van der Waals surface area contributed by atoms with Crippen molar-refractivity contribution >= 4 is 41.9 Å². The van der Waals surface area contributed by atoms with Crippen molar-refractivity contribution in [2.75, 3.05) is 40.3 Å². The monoisotopic (exact) mass is 547 g/mol. The zero-order chi connectivity index (χ0) is 22.1. The van der Waals surface area contributed by atoms with Gasteiger partial charge in [-0.25, -0.2) is 9.79 Å². The number of guanidine groups is 1. The van der Waals surface area contributed by atoms with Crippen LogP contribution < -0.4 is 20.7 Å². The van der Waals surface area contributed by atoms with Crippen molar-refractivity contribution in [3.8, 4) is 5.75 Å². The standard InChI is InChI=1S/C21H33N5O4.HI/c1-21(2,3)30-20(28)23-12-11-22-19(24-14-18(27)26(4)5)25-16-10-13-29-17-9-7-6-8-15(16)17;/h6-9,16H,10-14H2,1-5H3,(H,23,28)(H2,22,24,25);1H. The molecular weight excluding hydrogens is 513 g/mol. The number of fused-ring (bicyclic) bond motifs is 1. The zero-order valence-electron chi connectivity index (χ0n) is 18.9. The van der Waals surface area contributed by atoms with Crippen LogP contribution in [0.3, 0.4) is 0 Å². The molecule has 3 N–H and O–H groups in total. The number of ether oxygens (including phenoxy) is 2. The normalized spacial score (nSPS) is 15.5. The van der Waals surface area contributed by atoms with Gasteiger partial charge in [0, 0.05) is 39.2 Å². The summed E-state index contributed by atoms with van der Waals surface area (Å²) in [6.07, 6.45) is 0.298. The first-order chi connectivity index (χ1) is 14.2. The molecule has 0 saturated heterocycles. The van der Waals surface area contributed by atoms with E-state index in [0.29, 0.717) is 25.7 Å². The number of nitrogens with zero attached hydrogens (tertiary/aromatic N) is 2. The lowest BCUT2D eigenvalue weighted by molar-refractivity contribution is -0.127. The van der Waals surface area contributed by atoms with Crippen LogP contribution in [0.1, 0.15) is 38.8 Å². The second-order valence-electron chi connectivity index (χ2n) is 8.18. The van der Waals surface area contributed by atoms with Crippen LogP contribution in [0.25, 0.3) is 0 Å². The lowest BCUT2D eigenvalue weighted by Crippen LogP contribution is -2.45. The number of carbonyl (C=O) groups excluding carboxylic acids is 2. The lowest BCUT2D eigenvalue weighted by Gasteiger charge is -2.28. The van der Waals surface area contributed by atoms with Crippen molar-refractivity contribution in [1.82, 2.24) is 20.9 Å². The Bertz CT molecular complexity index is 764. The fourth-order valence-electron chi connectivity index (χ4n) is 2.76. The second-order valence-corrected chi connectivity index (χ2v) is 8.18. The predicted octanol–water partition coefficient (Wildman–Crippen LogP) is 2.28. The maximum Gasteiger partial charge on any atom is 0.407 e. The van der Waals surface area contributed by atoms with Crippen LogP contribution in [0.4, 0.5) is 4.79 Å². The molecule has 1 aliphatic heterocycles. The van der Waals surface area contributed by atoms with Crippen LogP contribution in [0.2, 0.25) is 0 Å². The summed E-state index contributed by atoms with van der Waals surface area (Å²) >= 11 is 0. The van der Waals surface area contributed by atoms with E-state index in [9.17, 15) is 9.59 Å². The third-order valence-electron chi connectivity index (χ3n) is 4.23. The lowest BCUT2D eigenvalue weighted by atomic mass is 10.0. The highest BCUT2D eigenvalue weighted by Gasteiger charge is 2.22. The predicted molar refractivity (Wildman–Crippen MR) is 131 cm³/mol. The number of benzene rings is 1. The Kier molecular flexibility index (Phi) is 10.9. The third-order valence-corrected chi connectivity index (χ3v) is 4.23. The number of alkyl carbamates (subject to hydrolysis) is 1. The van der Waals surface area contributed by atoms with Crippen molar-refractivity contribution in [1.29, 1.82) is 0 Å². The molecule has 2 rings (SSSR count). The van der Waals surface area contributed by atoms with Gasteiger partial charge >= 0.3 is 6.09 Å². The molecule has 1 aromatic rings. The Morgan fingerprint density at radius 1 is 1.19 bits per heavy atom. The average molecular weight is 547 g/mol. The Morgan fingerprint density at radius 2 is 1.87 bits per heavy atom. The molecule has 0 radical (unpaired) electrons. The highest BCUT2D eigenvalue weighted by Crippen LogP contribution is 2.31. The molecule has 1 atom stereocenters. The number of hydrogen-bond donors (Lipinski definition) is 3. The fourth-order valence-corrected chi connectivity index (χ4v) is 2.76. The van der Waals surface area contributed by atoms with Crippen molar-refractivity contribution in [3.63, 3.8) is 0 Å². The van der Waals surface area contributed by atoms with Gasteiger partial charge < -0.3 is 30.3 Å². The summed E-state index contributed by atoms with van der Waals surface area (Å²) in [6.45, 7) is 6.83. The number of para-hydroxylation sites is 1. The maximum absolute atomic E-state index is 12.0. The summed E-state index contributed by atoms with van der Waals surface area (Å²) in [5.74, 6) is 1.24. The minimum Gasteiger partial charge on any atom is -0.493 e. The van der Waals surface area contributed by atoms with E-state index >= 15 is 0 Å². The van der Waals surface area contributed by atoms with Crippen LogP contribution in [-0.4, -0.2) is 68.8 Å². The van der Waals surface area contributed by atoms with Crippen molar-refractivity contribution in [3.05, 3.63) is 29.8 Å². The molecule has 9 nitrogen and oxygen atoms in total. The maximum atomic E-state index is 12.0. The molecule has 1 aromatic carbocycles. The van der Waals surface area contributed by atoms with Gasteiger partial charge in [0.25, 0.3) is 0 Å². The number of hydrogen-bond acceptors (Lipinski definition) is 5. The number of carbonyl (C=O) groups is 2. The number of likely N-dealkylation sites (N-methyl/N-ethyl adjacent to an activating group) is 1. The van der Waals surface area contributed by atoms with Crippen LogP contribution in [-0.2, 0) is 9.53 Å². The van der Waals surface area contributed by atoms with Gasteiger partial charge in [-0.1, -0.05) is 18.2 Å². The summed E-state index contributed by atoms with van der Waals surface area (Å²) < 4.78 is 10.9. The van der Waals surface area contributed by atoms with E-state index in [1.807, 2.05) is 45.0 Å². The highest BCUT2D eigenvalue weighted by atomic mass is 127. The zero-order valence-corrected chi connectivity index (χ0v) is 21.2. The molecule has 0 saturated carbocycles. The number of halogens is 1. The smallest absolute Gasteiger partial charge is 0.407 e. The van der Waals surface area contributed by atoms with Crippen LogP contribution in [0.15, 0.2) is 29.3 Å². The summed E-state index contributed by atoms with van der Waals surface area (Å²) in [4.78, 5) is 29.6. The number of amides is 2. The Labute approximate surface area is 201 Å². The quantitative estimate of drug-likeness (QED) is 0.219. The van der Waals surface area contributed by atoms with Crippen molar-refractivity contribution < 1.29 is 19.1 Å². The van der Waals surface area contributed by atoms with Crippen LogP contribution in [0, 0.1) is 0 Å². The summed E-state index contributed by atoms with van der Waals surface area (Å²) in [5, 5.41) is 9.24. The van der Waals surface area contributed by atoms with E-state index in [1.54, 1.807) is 14.1 Å². The SMILES string of the molecule is CN(C)C(=O)CN=C(NCCNC(=O)OC(C)(C)C)NC1CCOc2ccccc21.I. The molecule has 0 fully saturated rings. The Hall–Kier alpha value is -2.24. The fraction of sp³-hybridized carbons (Fsp3) is 0.571. The molecule has 10 heteroatoms. The Balaban J connectivity index is 0.00000480. The molecule has 1 unspecified atom stereocenters. The molecule has 2 amide bonds. The first-order valence-corrected chi connectivity index (χ1v) is 10.1. The number of aliphatic imine (C=N–C) groups is 1. The topological polar surface area (TPSA) is 104 Å². The first kappa shape index (κ1) is 26.8. The van der Waals surface area contributed by atoms with E-state index in [1.165, 1.54) is 4.90 Å². The van der Waals surface area contributed by atoms with Gasteiger partial charge in [0.15, 0.2) is 5.96 Å². The van der Waals surface area contributed by atoms with Gasteiger partial charge in [-0.15, -0.1) is 24.0 Å². The molecular formula is C21H34IN5O4. The summed E-state index contributed by atoms with van der Waals surface area (Å²) in [7, 11) is 3.38. The molecule has 1 heterocycles. The van der Waals surface area contributed by atoms with Gasteiger partial charge in [-0.3, -0.25) is 4.79 Å². The van der Waals surface area contributed by atoms with Crippen LogP contribution in [0.5, 0.6) is 5.75 Å². The Morgan fingerprint density at radius 3 is 2.55 bits per heavy atom. The van der Waals surface area contributed by atoms with Crippen LogP contribution >= 0.6 is 24.0 Å². The molecule has 1 aliphatic rings. The highest BCUT2D eigenvalue weighted by molar-refractivity contribution is 14.0. The summed E-state index contributed by atoms with van der Waals surface area (Å²) in [6, 6.07) is 7.86. The molecule has 0 bridgehead atoms. The van der Waals surface area contributed by atoms with Gasteiger partial charge in [-0.05, 0) is 26.8 Å². The molecule has 0 aromatic heterocycles. The molecule has 0 aliphatic carbocycles. The van der Waals surface area contributed by atoms with Gasteiger partial charge in [0.05, 0.1) is 12.6 Å².